The Hall–Kier alpha value is -2.12. The molecule has 1 saturated carbocycles. The monoisotopic (exact) mass is 321 g/mol. The van der Waals surface area contributed by atoms with E-state index in [0.717, 1.165) is 0 Å². The van der Waals surface area contributed by atoms with Gasteiger partial charge in [-0.2, -0.15) is 0 Å². The third kappa shape index (κ3) is 4.94. The van der Waals surface area contributed by atoms with Gasteiger partial charge in [0.1, 0.15) is 11.8 Å². The van der Waals surface area contributed by atoms with Gasteiger partial charge >= 0.3 is 0 Å². The normalized spacial score (nSPS) is 15.7. The fourth-order valence-corrected chi connectivity index (χ4v) is 2.07. The fourth-order valence-electron chi connectivity index (χ4n) is 2.07. The fraction of sp³-hybridized carbons (Fsp3) is 0.500. The molecule has 2 rings (SSSR count). The standard InChI is InChI=1S/C16H23N3O4/c1-16(2,17)13(15(21)19-22)18-14(20)11-5-7-12(8-6-11)23-9-10-3-4-10/h5-8,10,13,22H,3-4,9,17H2,1-2H3,(H,18,20)(H,19,21)/t13-/m1/s1. The van der Waals surface area contributed by atoms with Crippen molar-refractivity contribution >= 4 is 11.8 Å². The van der Waals surface area contributed by atoms with Crippen LogP contribution in [0.4, 0.5) is 0 Å². The first-order chi connectivity index (χ1) is 10.8. The number of carbonyl (C=O) groups is 2. The molecule has 0 bridgehead atoms. The first-order valence-electron chi connectivity index (χ1n) is 7.58. The maximum Gasteiger partial charge on any atom is 0.267 e. The largest absolute Gasteiger partial charge is 0.493 e. The van der Waals surface area contributed by atoms with Gasteiger partial charge < -0.3 is 15.8 Å². The first kappa shape index (κ1) is 17.2. The maximum atomic E-state index is 12.2. The number of carbonyl (C=O) groups excluding carboxylic acids is 2. The van der Waals surface area contributed by atoms with Gasteiger partial charge in [-0.3, -0.25) is 14.8 Å². The summed E-state index contributed by atoms with van der Waals surface area (Å²) in [5.41, 5.74) is 6.74. The third-order valence-corrected chi connectivity index (χ3v) is 3.69. The molecule has 1 fully saturated rings. The zero-order valence-corrected chi connectivity index (χ0v) is 13.3. The SMILES string of the molecule is CC(C)(N)[C@H](NC(=O)c1ccc(OCC2CC2)cc1)C(=O)NO. The van der Waals surface area contributed by atoms with Crippen molar-refractivity contribution in [2.45, 2.75) is 38.3 Å². The molecular weight excluding hydrogens is 298 g/mol. The predicted octanol–water partition coefficient (Wildman–Crippen LogP) is 0.816. The van der Waals surface area contributed by atoms with Gasteiger partial charge in [-0.1, -0.05) is 0 Å². The number of nitrogens with one attached hydrogen (secondary N) is 2. The van der Waals surface area contributed by atoms with Crippen LogP contribution in [0, 0.1) is 5.92 Å². The molecule has 0 unspecified atom stereocenters. The van der Waals surface area contributed by atoms with Gasteiger partial charge in [0, 0.05) is 11.1 Å². The molecule has 5 N–H and O–H groups in total. The molecule has 1 aliphatic carbocycles. The van der Waals surface area contributed by atoms with Gasteiger partial charge in [-0.05, 0) is 56.9 Å². The van der Waals surface area contributed by atoms with Crippen LogP contribution in [-0.4, -0.2) is 35.2 Å². The molecule has 0 aliphatic heterocycles. The summed E-state index contributed by atoms with van der Waals surface area (Å²) in [6, 6.07) is 5.60. The smallest absolute Gasteiger partial charge is 0.267 e. The highest BCUT2D eigenvalue weighted by molar-refractivity contribution is 5.97. The lowest BCUT2D eigenvalue weighted by molar-refractivity contribution is -0.132. The lowest BCUT2D eigenvalue weighted by Gasteiger charge is -2.29. The summed E-state index contributed by atoms with van der Waals surface area (Å²) in [4.78, 5) is 23.9. The summed E-state index contributed by atoms with van der Waals surface area (Å²) in [7, 11) is 0. The highest BCUT2D eigenvalue weighted by atomic mass is 16.5. The molecule has 1 aromatic carbocycles. The van der Waals surface area contributed by atoms with Gasteiger partial charge in [0.2, 0.25) is 0 Å². The van der Waals surface area contributed by atoms with Crippen molar-refractivity contribution in [3.63, 3.8) is 0 Å². The predicted molar refractivity (Wildman–Crippen MR) is 84.1 cm³/mol. The van der Waals surface area contributed by atoms with E-state index in [-0.39, 0.29) is 0 Å². The first-order valence-corrected chi connectivity index (χ1v) is 7.58. The molecule has 0 aromatic heterocycles. The zero-order chi connectivity index (χ0) is 17.0. The number of rotatable bonds is 7. The number of nitrogens with two attached hydrogens (primary N) is 1. The average Bonchev–Trinajstić information content (AvgIpc) is 3.33. The van der Waals surface area contributed by atoms with Crippen molar-refractivity contribution in [3.8, 4) is 5.75 Å². The zero-order valence-electron chi connectivity index (χ0n) is 13.3. The minimum atomic E-state index is -1.06. The molecule has 0 heterocycles. The molecule has 0 spiro atoms. The van der Waals surface area contributed by atoms with E-state index in [1.807, 2.05) is 0 Å². The molecule has 7 heteroatoms. The van der Waals surface area contributed by atoms with Crippen molar-refractivity contribution < 1.29 is 19.5 Å². The highest BCUT2D eigenvalue weighted by Crippen LogP contribution is 2.29. The Balaban J connectivity index is 1.99. The van der Waals surface area contributed by atoms with Gasteiger partial charge in [0.15, 0.2) is 0 Å². The van der Waals surface area contributed by atoms with Crippen LogP contribution >= 0.6 is 0 Å². The maximum absolute atomic E-state index is 12.2. The van der Waals surface area contributed by atoms with E-state index in [0.29, 0.717) is 23.8 Å². The molecule has 23 heavy (non-hydrogen) atoms. The Morgan fingerprint density at radius 2 is 1.96 bits per heavy atom. The van der Waals surface area contributed by atoms with E-state index in [4.69, 9.17) is 15.7 Å². The summed E-state index contributed by atoms with van der Waals surface area (Å²) in [6.45, 7) is 3.87. The molecule has 0 radical (unpaired) electrons. The van der Waals surface area contributed by atoms with Gasteiger partial charge in [-0.25, -0.2) is 5.48 Å². The van der Waals surface area contributed by atoms with Crippen molar-refractivity contribution in [2.24, 2.45) is 11.7 Å². The van der Waals surface area contributed by atoms with Crippen LogP contribution in [0.15, 0.2) is 24.3 Å². The minimum absolute atomic E-state index is 0.378. The van der Waals surface area contributed by atoms with E-state index in [1.54, 1.807) is 38.1 Å². The summed E-state index contributed by atoms with van der Waals surface area (Å²) in [5.74, 6) is 0.140. The van der Waals surface area contributed by atoms with Crippen molar-refractivity contribution in [2.75, 3.05) is 6.61 Å². The Kier molecular flexibility index (Phi) is 5.23. The molecule has 1 atom stereocenters. The number of amides is 2. The molecule has 1 aromatic rings. The quantitative estimate of drug-likeness (QED) is 0.438. The number of hydroxylamine groups is 1. The molecule has 7 nitrogen and oxygen atoms in total. The van der Waals surface area contributed by atoms with Crippen LogP contribution in [0.1, 0.15) is 37.0 Å². The van der Waals surface area contributed by atoms with E-state index in [1.165, 1.54) is 18.3 Å². The average molecular weight is 321 g/mol. The Morgan fingerprint density at radius 3 is 2.43 bits per heavy atom. The summed E-state index contributed by atoms with van der Waals surface area (Å²) < 4.78 is 5.61. The summed E-state index contributed by atoms with van der Waals surface area (Å²) >= 11 is 0. The van der Waals surface area contributed by atoms with Crippen molar-refractivity contribution in [1.29, 1.82) is 0 Å². The number of benzene rings is 1. The Bertz CT molecular complexity index is 562. The second-order valence-corrected chi connectivity index (χ2v) is 6.48. The molecule has 0 saturated heterocycles. The van der Waals surface area contributed by atoms with Crippen LogP contribution in [0.2, 0.25) is 0 Å². The van der Waals surface area contributed by atoms with Crippen LogP contribution in [0.3, 0.4) is 0 Å². The molecule has 2 amide bonds. The topological polar surface area (TPSA) is 114 Å². The number of hydrogen-bond acceptors (Lipinski definition) is 5. The summed E-state index contributed by atoms with van der Waals surface area (Å²) in [6.07, 6.45) is 2.42. The highest BCUT2D eigenvalue weighted by Gasteiger charge is 2.33. The van der Waals surface area contributed by atoms with Gasteiger partial charge in [0.25, 0.3) is 11.8 Å². The molecule has 126 valence electrons. The van der Waals surface area contributed by atoms with Crippen molar-refractivity contribution in [3.05, 3.63) is 29.8 Å². The lowest BCUT2D eigenvalue weighted by atomic mass is 9.95. The van der Waals surface area contributed by atoms with Crippen molar-refractivity contribution in [1.82, 2.24) is 10.8 Å². The van der Waals surface area contributed by atoms with Crippen LogP contribution < -0.4 is 21.3 Å². The summed E-state index contributed by atoms with van der Waals surface area (Å²) in [5, 5.41) is 11.3. The third-order valence-electron chi connectivity index (χ3n) is 3.69. The lowest BCUT2D eigenvalue weighted by Crippen LogP contribution is -2.61. The van der Waals surface area contributed by atoms with E-state index >= 15 is 0 Å². The van der Waals surface area contributed by atoms with Crippen LogP contribution in [0.5, 0.6) is 5.75 Å². The van der Waals surface area contributed by atoms with Gasteiger partial charge in [-0.15, -0.1) is 0 Å². The number of ether oxygens (including phenoxy) is 1. The Labute approximate surface area is 135 Å². The van der Waals surface area contributed by atoms with Gasteiger partial charge in [0.05, 0.1) is 6.61 Å². The number of hydrogen-bond donors (Lipinski definition) is 4. The Morgan fingerprint density at radius 1 is 1.35 bits per heavy atom. The minimum Gasteiger partial charge on any atom is -0.493 e. The van der Waals surface area contributed by atoms with E-state index in [9.17, 15) is 9.59 Å². The molecule has 1 aliphatic rings. The van der Waals surface area contributed by atoms with E-state index < -0.39 is 23.4 Å². The second-order valence-electron chi connectivity index (χ2n) is 6.48. The van der Waals surface area contributed by atoms with Crippen LogP contribution in [0.25, 0.3) is 0 Å². The van der Waals surface area contributed by atoms with E-state index in [2.05, 4.69) is 5.32 Å². The second kappa shape index (κ2) is 6.97. The van der Waals surface area contributed by atoms with Crippen LogP contribution in [-0.2, 0) is 4.79 Å². The molecular formula is C16H23N3O4.